The fourth-order valence-corrected chi connectivity index (χ4v) is 3.77. The molecule has 0 atom stereocenters. The number of rotatable bonds is 6. The van der Waals surface area contributed by atoms with Gasteiger partial charge in [-0.25, -0.2) is 0 Å². The Morgan fingerprint density at radius 2 is 1.97 bits per heavy atom. The first kappa shape index (κ1) is 19.3. The van der Waals surface area contributed by atoms with Gasteiger partial charge in [-0.15, -0.1) is 5.10 Å². The number of piperidine rings is 1. The van der Waals surface area contributed by atoms with Gasteiger partial charge in [0, 0.05) is 23.4 Å². The number of para-hydroxylation sites is 1. The Bertz CT molecular complexity index is 960. The summed E-state index contributed by atoms with van der Waals surface area (Å²) in [6, 6.07) is 15.3. The summed E-state index contributed by atoms with van der Waals surface area (Å²) in [6.45, 7) is 5.05. The van der Waals surface area contributed by atoms with Crippen LogP contribution in [0.5, 0.6) is 0 Å². The SMILES string of the molecule is Cc1ccc(-c2cn(CCC3CCNCC3)nn2)cc1C(=O)Nc1ccccc1. The number of carbonyl (C=O) groups is 1. The van der Waals surface area contributed by atoms with E-state index in [9.17, 15) is 4.79 Å². The van der Waals surface area contributed by atoms with Crippen molar-refractivity contribution in [1.82, 2.24) is 20.3 Å². The van der Waals surface area contributed by atoms with Crippen molar-refractivity contribution >= 4 is 11.6 Å². The number of benzene rings is 2. The maximum Gasteiger partial charge on any atom is 0.255 e. The minimum absolute atomic E-state index is 0.117. The van der Waals surface area contributed by atoms with Crippen LogP contribution in [-0.2, 0) is 6.54 Å². The molecule has 0 saturated carbocycles. The lowest BCUT2D eigenvalue weighted by Gasteiger charge is -2.22. The van der Waals surface area contributed by atoms with Crippen LogP contribution in [0.1, 0.15) is 35.2 Å². The van der Waals surface area contributed by atoms with Crippen LogP contribution in [0.2, 0.25) is 0 Å². The molecule has 1 aromatic heterocycles. The molecule has 2 N–H and O–H groups in total. The van der Waals surface area contributed by atoms with Crippen LogP contribution in [0.15, 0.2) is 54.7 Å². The summed E-state index contributed by atoms with van der Waals surface area (Å²) in [7, 11) is 0. The predicted octanol–water partition coefficient (Wildman–Crippen LogP) is 3.90. The molecule has 1 saturated heterocycles. The van der Waals surface area contributed by atoms with Crippen molar-refractivity contribution < 1.29 is 4.79 Å². The zero-order chi connectivity index (χ0) is 20.1. The molecule has 2 aromatic carbocycles. The standard InChI is InChI=1S/C23H27N5O/c1-17-7-8-19(15-21(17)23(29)25-20-5-3-2-4-6-20)22-16-28(27-26-22)14-11-18-9-12-24-13-10-18/h2-8,15-16,18,24H,9-14H2,1H3,(H,25,29). The summed E-state index contributed by atoms with van der Waals surface area (Å²) >= 11 is 0. The summed E-state index contributed by atoms with van der Waals surface area (Å²) in [6.07, 6.45) is 5.58. The highest BCUT2D eigenvalue weighted by Gasteiger charge is 2.15. The fraction of sp³-hybridized carbons (Fsp3) is 0.348. The largest absolute Gasteiger partial charge is 0.322 e. The molecule has 4 rings (SSSR count). The topological polar surface area (TPSA) is 71.8 Å². The van der Waals surface area contributed by atoms with Gasteiger partial charge in [-0.3, -0.25) is 9.48 Å². The maximum atomic E-state index is 12.7. The molecule has 0 aliphatic carbocycles. The van der Waals surface area contributed by atoms with Crippen LogP contribution < -0.4 is 10.6 Å². The van der Waals surface area contributed by atoms with Gasteiger partial charge < -0.3 is 10.6 Å². The van der Waals surface area contributed by atoms with E-state index in [1.54, 1.807) is 0 Å². The van der Waals surface area contributed by atoms with Gasteiger partial charge in [-0.05, 0) is 69.0 Å². The molecular formula is C23H27N5O. The van der Waals surface area contributed by atoms with E-state index in [0.29, 0.717) is 5.56 Å². The van der Waals surface area contributed by atoms with E-state index in [1.165, 1.54) is 12.8 Å². The highest BCUT2D eigenvalue weighted by Crippen LogP contribution is 2.22. The van der Waals surface area contributed by atoms with Crippen molar-refractivity contribution in [3.05, 3.63) is 65.9 Å². The molecule has 0 bridgehead atoms. The third-order valence-electron chi connectivity index (χ3n) is 5.57. The Morgan fingerprint density at radius 3 is 2.76 bits per heavy atom. The third-order valence-corrected chi connectivity index (χ3v) is 5.57. The highest BCUT2D eigenvalue weighted by molar-refractivity contribution is 6.05. The number of hydrogen-bond donors (Lipinski definition) is 2. The van der Waals surface area contributed by atoms with Crippen LogP contribution in [0, 0.1) is 12.8 Å². The molecule has 1 amide bonds. The average Bonchev–Trinajstić information content (AvgIpc) is 3.23. The molecule has 6 nitrogen and oxygen atoms in total. The zero-order valence-electron chi connectivity index (χ0n) is 16.8. The fourth-order valence-electron chi connectivity index (χ4n) is 3.77. The molecular weight excluding hydrogens is 362 g/mol. The van der Waals surface area contributed by atoms with Crippen molar-refractivity contribution in [2.24, 2.45) is 5.92 Å². The molecule has 0 spiro atoms. The van der Waals surface area contributed by atoms with Crippen LogP contribution >= 0.6 is 0 Å². The van der Waals surface area contributed by atoms with E-state index in [4.69, 9.17) is 0 Å². The molecule has 0 unspecified atom stereocenters. The smallest absolute Gasteiger partial charge is 0.255 e. The minimum atomic E-state index is -0.117. The van der Waals surface area contributed by atoms with Gasteiger partial charge >= 0.3 is 0 Å². The lowest BCUT2D eigenvalue weighted by Crippen LogP contribution is -2.28. The Kier molecular flexibility index (Phi) is 6.00. The lowest BCUT2D eigenvalue weighted by atomic mass is 9.95. The van der Waals surface area contributed by atoms with E-state index in [-0.39, 0.29) is 5.91 Å². The van der Waals surface area contributed by atoms with Crippen LogP contribution in [-0.4, -0.2) is 34.0 Å². The van der Waals surface area contributed by atoms with E-state index in [0.717, 1.165) is 54.5 Å². The number of hydrogen-bond acceptors (Lipinski definition) is 4. The second kappa shape index (κ2) is 9.01. The molecule has 1 aliphatic rings. The van der Waals surface area contributed by atoms with Crippen molar-refractivity contribution in [3.8, 4) is 11.3 Å². The number of amides is 1. The second-order valence-electron chi connectivity index (χ2n) is 7.70. The lowest BCUT2D eigenvalue weighted by molar-refractivity contribution is 0.102. The summed E-state index contributed by atoms with van der Waals surface area (Å²) in [5.74, 6) is 0.644. The molecule has 3 aromatic rings. The number of carbonyl (C=O) groups excluding carboxylic acids is 1. The highest BCUT2D eigenvalue weighted by atomic mass is 16.1. The Balaban J connectivity index is 1.45. The van der Waals surface area contributed by atoms with Gasteiger partial charge in [0.05, 0.1) is 6.20 Å². The molecule has 6 heteroatoms. The van der Waals surface area contributed by atoms with E-state index < -0.39 is 0 Å². The zero-order valence-corrected chi connectivity index (χ0v) is 16.8. The van der Waals surface area contributed by atoms with Gasteiger partial charge in [0.2, 0.25) is 0 Å². The first-order chi connectivity index (χ1) is 14.2. The van der Waals surface area contributed by atoms with Gasteiger partial charge in [0.15, 0.2) is 0 Å². The number of nitrogens with zero attached hydrogens (tertiary/aromatic N) is 3. The molecule has 150 valence electrons. The van der Waals surface area contributed by atoms with Crippen LogP contribution in [0.4, 0.5) is 5.69 Å². The van der Waals surface area contributed by atoms with Crippen molar-refractivity contribution in [1.29, 1.82) is 0 Å². The molecule has 29 heavy (non-hydrogen) atoms. The Morgan fingerprint density at radius 1 is 1.17 bits per heavy atom. The summed E-state index contributed by atoms with van der Waals surface area (Å²) in [5.41, 5.74) is 4.06. The van der Waals surface area contributed by atoms with Crippen molar-refractivity contribution in [2.75, 3.05) is 18.4 Å². The second-order valence-corrected chi connectivity index (χ2v) is 7.70. The van der Waals surface area contributed by atoms with Crippen molar-refractivity contribution in [3.63, 3.8) is 0 Å². The number of nitrogens with one attached hydrogen (secondary N) is 2. The quantitative estimate of drug-likeness (QED) is 0.671. The summed E-state index contributed by atoms with van der Waals surface area (Å²) in [5, 5.41) is 15.0. The van der Waals surface area contributed by atoms with Gasteiger partial charge in [0.25, 0.3) is 5.91 Å². The summed E-state index contributed by atoms with van der Waals surface area (Å²) < 4.78 is 1.92. The van der Waals surface area contributed by atoms with Gasteiger partial charge in [-0.2, -0.15) is 0 Å². The molecule has 1 aliphatic heterocycles. The minimum Gasteiger partial charge on any atom is -0.322 e. The third kappa shape index (κ3) is 4.90. The van der Waals surface area contributed by atoms with Crippen LogP contribution in [0.3, 0.4) is 0 Å². The van der Waals surface area contributed by atoms with Gasteiger partial charge in [0.1, 0.15) is 5.69 Å². The van der Waals surface area contributed by atoms with Crippen molar-refractivity contribution in [2.45, 2.75) is 32.7 Å². The molecule has 0 radical (unpaired) electrons. The monoisotopic (exact) mass is 389 g/mol. The first-order valence-electron chi connectivity index (χ1n) is 10.3. The molecule has 1 fully saturated rings. The number of aryl methyl sites for hydroxylation is 2. The summed E-state index contributed by atoms with van der Waals surface area (Å²) in [4.78, 5) is 12.7. The Labute approximate surface area is 171 Å². The number of anilines is 1. The number of aromatic nitrogens is 3. The maximum absolute atomic E-state index is 12.7. The first-order valence-corrected chi connectivity index (χ1v) is 10.3. The Hall–Kier alpha value is -2.99. The van der Waals surface area contributed by atoms with E-state index in [2.05, 4.69) is 20.9 Å². The average molecular weight is 390 g/mol. The normalized spacial score (nSPS) is 14.7. The van der Waals surface area contributed by atoms with E-state index >= 15 is 0 Å². The van der Waals surface area contributed by atoms with Gasteiger partial charge in [-0.1, -0.05) is 35.5 Å². The van der Waals surface area contributed by atoms with Crippen LogP contribution in [0.25, 0.3) is 11.3 Å². The molecule has 2 heterocycles. The van der Waals surface area contributed by atoms with E-state index in [1.807, 2.05) is 66.3 Å². The predicted molar refractivity (Wildman–Crippen MR) is 115 cm³/mol.